The van der Waals surface area contributed by atoms with Crippen LogP contribution >= 0.6 is 23.2 Å². The van der Waals surface area contributed by atoms with Crippen LogP contribution in [0.5, 0.6) is 0 Å². The molecule has 0 spiro atoms. The van der Waals surface area contributed by atoms with E-state index >= 15 is 0 Å². The van der Waals surface area contributed by atoms with E-state index in [1.54, 1.807) is 6.07 Å². The normalized spacial score (nSPS) is 21.4. The Morgan fingerprint density at radius 1 is 1.40 bits per heavy atom. The topological polar surface area (TPSA) is 48.4 Å². The Bertz CT molecular complexity index is 464. The Hall–Kier alpha value is -0.710. The maximum Gasteiger partial charge on any atom is 0.149 e. The Morgan fingerprint density at radius 2 is 2.10 bits per heavy atom. The molecule has 1 fully saturated rings. The fourth-order valence-corrected chi connectivity index (χ4v) is 2.98. The van der Waals surface area contributed by atoms with Gasteiger partial charge in [-0.25, -0.2) is 4.98 Å². The minimum Gasteiger partial charge on any atom is -0.393 e. The van der Waals surface area contributed by atoms with E-state index in [2.05, 4.69) is 17.2 Å². The number of hydrogen-bond acceptors (Lipinski definition) is 4. The van der Waals surface area contributed by atoms with E-state index in [4.69, 9.17) is 23.2 Å². The lowest BCUT2D eigenvalue weighted by molar-refractivity contribution is 0.0464. The van der Waals surface area contributed by atoms with E-state index in [0.717, 1.165) is 38.2 Å². The smallest absolute Gasteiger partial charge is 0.149 e. The van der Waals surface area contributed by atoms with Gasteiger partial charge in [0, 0.05) is 20.1 Å². The average molecular weight is 318 g/mol. The van der Waals surface area contributed by atoms with E-state index in [-0.39, 0.29) is 6.10 Å². The van der Waals surface area contributed by atoms with Crippen molar-refractivity contribution < 1.29 is 5.11 Å². The number of hydrogen-bond donors (Lipinski definition) is 2. The molecule has 1 heterocycles. The largest absolute Gasteiger partial charge is 0.393 e. The van der Waals surface area contributed by atoms with Gasteiger partial charge in [0.2, 0.25) is 0 Å². The number of anilines is 2. The fraction of sp³-hybridized carbons (Fsp3) is 0.643. The van der Waals surface area contributed by atoms with E-state index in [1.165, 1.54) is 0 Å². The second-order valence-electron chi connectivity index (χ2n) is 5.42. The van der Waals surface area contributed by atoms with Crippen molar-refractivity contribution in [3.8, 4) is 0 Å². The van der Waals surface area contributed by atoms with E-state index in [9.17, 15) is 5.11 Å². The van der Waals surface area contributed by atoms with Gasteiger partial charge in [-0.2, -0.15) is 0 Å². The van der Waals surface area contributed by atoms with Gasteiger partial charge < -0.3 is 15.3 Å². The number of halogens is 2. The molecule has 0 radical (unpaired) electrons. The number of aliphatic hydroxyl groups is 1. The monoisotopic (exact) mass is 317 g/mol. The Balaban J connectivity index is 2.08. The van der Waals surface area contributed by atoms with Crippen LogP contribution < -0.4 is 10.2 Å². The molecule has 0 saturated heterocycles. The molecule has 1 aromatic rings. The van der Waals surface area contributed by atoms with E-state index in [0.29, 0.717) is 21.8 Å². The summed E-state index contributed by atoms with van der Waals surface area (Å²) < 4.78 is 0. The van der Waals surface area contributed by atoms with Crippen LogP contribution in [0, 0.1) is 5.92 Å². The van der Waals surface area contributed by atoms with Gasteiger partial charge >= 0.3 is 0 Å². The van der Waals surface area contributed by atoms with Crippen molar-refractivity contribution in [3.63, 3.8) is 0 Å². The maximum absolute atomic E-state index is 9.35. The lowest BCUT2D eigenvalue weighted by Crippen LogP contribution is -2.37. The van der Waals surface area contributed by atoms with E-state index < -0.39 is 0 Å². The van der Waals surface area contributed by atoms with Crippen LogP contribution in [-0.2, 0) is 0 Å². The van der Waals surface area contributed by atoms with Crippen LogP contribution in [0.25, 0.3) is 0 Å². The van der Waals surface area contributed by atoms with Crippen molar-refractivity contribution in [1.82, 2.24) is 4.98 Å². The van der Waals surface area contributed by atoms with Crippen LogP contribution in [0.1, 0.15) is 26.2 Å². The number of pyridine rings is 1. The van der Waals surface area contributed by atoms with Crippen molar-refractivity contribution in [1.29, 1.82) is 0 Å². The van der Waals surface area contributed by atoms with Gasteiger partial charge in [-0.15, -0.1) is 0 Å². The third-order valence-corrected chi connectivity index (χ3v) is 4.12. The zero-order valence-corrected chi connectivity index (χ0v) is 13.4. The summed E-state index contributed by atoms with van der Waals surface area (Å²) in [4.78, 5) is 6.56. The van der Waals surface area contributed by atoms with Crippen LogP contribution in [0.4, 0.5) is 11.6 Å². The molecule has 2 N–H and O–H groups in total. The number of aliphatic hydroxyl groups excluding tert-OH is 1. The molecule has 1 aromatic heterocycles. The summed E-state index contributed by atoms with van der Waals surface area (Å²) in [5.41, 5.74) is 0. The third-order valence-electron chi connectivity index (χ3n) is 3.56. The summed E-state index contributed by atoms with van der Waals surface area (Å²) in [5, 5.41) is 13.6. The maximum atomic E-state index is 9.35. The van der Waals surface area contributed by atoms with Gasteiger partial charge in [-0.05, 0) is 31.2 Å². The first-order valence-electron chi connectivity index (χ1n) is 7.00. The molecule has 0 aromatic carbocycles. The van der Waals surface area contributed by atoms with Gasteiger partial charge in [-0.3, -0.25) is 0 Å². The second kappa shape index (κ2) is 6.83. The minimum absolute atomic E-state index is 0.135. The zero-order chi connectivity index (χ0) is 14.7. The average Bonchev–Trinajstić information content (AvgIpc) is 2.35. The number of nitrogens with one attached hydrogen (secondary N) is 1. The first-order chi connectivity index (χ1) is 9.51. The highest BCUT2D eigenvalue weighted by Gasteiger charge is 2.28. The Kier molecular flexibility index (Phi) is 5.35. The third kappa shape index (κ3) is 3.68. The predicted molar refractivity (Wildman–Crippen MR) is 85.0 cm³/mol. The van der Waals surface area contributed by atoms with Gasteiger partial charge in [-0.1, -0.05) is 30.1 Å². The molecule has 1 aliphatic rings. The highest BCUT2D eigenvalue weighted by Crippen LogP contribution is 2.33. The minimum atomic E-state index is -0.135. The summed E-state index contributed by atoms with van der Waals surface area (Å²) in [6.07, 6.45) is 2.59. The quantitative estimate of drug-likeness (QED) is 0.844. The molecule has 0 amide bonds. The van der Waals surface area contributed by atoms with Gasteiger partial charge in [0.25, 0.3) is 0 Å². The van der Waals surface area contributed by atoms with Crippen molar-refractivity contribution in [3.05, 3.63) is 16.1 Å². The highest BCUT2D eigenvalue weighted by molar-refractivity contribution is 6.37. The predicted octanol–water partition coefficient (Wildman–Crippen LogP) is 3.42. The molecule has 0 aliphatic heterocycles. The summed E-state index contributed by atoms with van der Waals surface area (Å²) in [6.45, 7) is 3.76. The van der Waals surface area contributed by atoms with Crippen molar-refractivity contribution >= 4 is 34.8 Å². The first-order valence-corrected chi connectivity index (χ1v) is 7.76. The molecule has 112 valence electrons. The lowest BCUT2D eigenvalue weighted by Gasteiger charge is -2.35. The molecule has 1 saturated carbocycles. The number of nitrogens with zero attached hydrogens (tertiary/aromatic N) is 2. The van der Waals surface area contributed by atoms with Crippen molar-refractivity contribution in [2.24, 2.45) is 5.92 Å². The second-order valence-corrected chi connectivity index (χ2v) is 6.24. The zero-order valence-electron chi connectivity index (χ0n) is 11.9. The van der Waals surface area contributed by atoms with Crippen LogP contribution in [0.3, 0.4) is 0 Å². The van der Waals surface area contributed by atoms with Gasteiger partial charge in [0.1, 0.15) is 11.6 Å². The number of aromatic nitrogens is 1. The van der Waals surface area contributed by atoms with Crippen LogP contribution in [0.2, 0.25) is 10.0 Å². The summed E-state index contributed by atoms with van der Waals surface area (Å²) in [6, 6.07) is 1.73. The molecule has 2 rings (SSSR count). The molecule has 0 atom stereocenters. The Morgan fingerprint density at radius 3 is 2.70 bits per heavy atom. The lowest BCUT2D eigenvalue weighted by atomic mass is 9.82. The molecule has 6 heteroatoms. The van der Waals surface area contributed by atoms with E-state index in [1.807, 2.05) is 11.9 Å². The molecule has 1 aliphatic carbocycles. The van der Waals surface area contributed by atoms with Crippen molar-refractivity contribution in [2.75, 3.05) is 30.4 Å². The molecule has 0 bridgehead atoms. The molecule has 0 unspecified atom stereocenters. The molecular formula is C14H21Cl2N3O. The van der Waals surface area contributed by atoms with Gasteiger partial charge in [0.05, 0.1) is 16.1 Å². The standard InChI is InChI=1S/C14H21Cl2N3O/c1-3-4-17-13-11(15)7-12(16)14(18-13)19(2)8-9-5-10(20)6-9/h7,9-10,20H,3-6,8H2,1-2H3,(H,17,18). The first kappa shape index (κ1) is 15.7. The number of rotatable bonds is 6. The Labute approximate surface area is 130 Å². The summed E-state index contributed by atoms with van der Waals surface area (Å²) >= 11 is 12.4. The summed E-state index contributed by atoms with van der Waals surface area (Å²) in [5.74, 6) is 1.92. The SMILES string of the molecule is CCCNc1nc(N(C)CC2CC(O)C2)c(Cl)cc1Cl. The van der Waals surface area contributed by atoms with Crippen LogP contribution in [-0.4, -0.2) is 36.3 Å². The molecule has 20 heavy (non-hydrogen) atoms. The van der Waals surface area contributed by atoms with Crippen molar-refractivity contribution in [2.45, 2.75) is 32.3 Å². The summed E-state index contributed by atoms with van der Waals surface area (Å²) in [7, 11) is 1.97. The highest BCUT2D eigenvalue weighted by atomic mass is 35.5. The molecular weight excluding hydrogens is 297 g/mol. The molecule has 4 nitrogen and oxygen atoms in total. The van der Waals surface area contributed by atoms with Crippen LogP contribution in [0.15, 0.2) is 6.07 Å². The fourth-order valence-electron chi connectivity index (χ4n) is 2.42. The van der Waals surface area contributed by atoms with Gasteiger partial charge in [0.15, 0.2) is 0 Å².